The minimum atomic E-state index is 0.800. The van der Waals surface area contributed by atoms with Crippen LogP contribution in [0.1, 0.15) is 16.8 Å². The van der Waals surface area contributed by atoms with E-state index in [4.69, 9.17) is 0 Å². The third-order valence-electron chi connectivity index (χ3n) is 3.44. The summed E-state index contributed by atoms with van der Waals surface area (Å²) in [5.41, 5.74) is 5.23. The Labute approximate surface area is 117 Å². The SMILES string of the molecule is Cc1ccc(C)c(Nc2ncnc3c2c(C)nn3C)c1. The molecule has 0 saturated heterocycles. The van der Waals surface area contributed by atoms with Gasteiger partial charge in [0.2, 0.25) is 0 Å². The minimum Gasteiger partial charge on any atom is -0.339 e. The molecule has 1 aromatic carbocycles. The summed E-state index contributed by atoms with van der Waals surface area (Å²) in [6.45, 7) is 6.13. The van der Waals surface area contributed by atoms with Crippen LogP contribution in [0.2, 0.25) is 0 Å². The molecule has 0 bridgehead atoms. The van der Waals surface area contributed by atoms with Crippen molar-refractivity contribution in [2.24, 2.45) is 7.05 Å². The molecule has 0 aliphatic carbocycles. The number of nitrogens with zero attached hydrogens (tertiary/aromatic N) is 4. The molecule has 0 aliphatic rings. The van der Waals surface area contributed by atoms with E-state index in [9.17, 15) is 0 Å². The molecule has 0 radical (unpaired) electrons. The van der Waals surface area contributed by atoms with Gasteiger partial charge >= 0.3 is 0 Å². The van der Waals surface area contributed by atoms with Crippen LogP contribution in [0.3, 0.4) is 0 Å². The Kier molecular flexibility index (Phi) is 2.89. The topological polar surface area (TPSA) is 55.6 Å². The normalized spacial score (nSPS) is 11.0. The van der Waals surface area contributed by atoms with Gasteiger partial charge in [-0.25, -0.2) is 9.97 Å². The molecule has 20 heavy (non-hydrogen) atoms. The number of aryl methyl sites for hydroxylation is 4. The summed E-state index contributed by atoms with van der Waals surface area (Å²) >= 11 is 0. The fourth-order valence-electron chi connectivity index (χ4n) is 2.37. The van der Waals surface area contributed by atoms with Crippen molar-refractivity contribution >= 4 is 22.5 Å². The minimum absolute atomic E-state index is 0.800. The Hall–Kier alpha value is -2.43. The highest BCUT2D eigenvalue weighted by atomic mass is 15.3. The molecule has 0 atom stereocenters. The van der Waals surface area contributed by atoms with Crippen molar-refractivity contribution in [2.45, 2.75) is 20.8 Å². The highest BCUT2D eigenvalue weighted by Crippen LogP contribution is 2.27. The predicted molar refractivity (Wildman–Crippen MR) is 80.2 cm³/mol. The third-order valence-corrected chi connectivity index (χ3v) is 3.44. The van der Waals surface area contributed by atoms with Crippen LogP contribution in [0.5, 0.6) is 0 Å². The monoisotopic (exact) mass is 267 g/mol. The van der Waals surface area contributed by atoms with Gasteiger partial charge in [-0.05, 0) is 38.0 Å². The van der Waals surface area contributed by atoms with E-state index >= 15 is 0 Å². The van der Waals surface area contributed by atoms with Gasteiger partial charge in [0.25, 0.3) is 0 Å². The molecule has 1 N–H and O–H groups in total. The van der Waals surface area contributed by atoms with Crippen molar-refractivity contribution in [3.05, 3.63) is 41.3 Å². The number of nitrogens with one attached hydrogen (secondary N) is 1. The van der Waals surface area contributed by atoms with Gasteiger partial charge in [-0.1, -0.05) is 12.1 Å². The molecule has 102 valence electrons. The number of hydrogen-bond donors (Lipinski definition) is 1. The Morgan fingerprint density at radius 3 is 2.70 bits per heavy atom. The smallest absolute Gasteiger partial charge is 0.163 e. The van der Waals surface area contributed by atoms with Crippen LogP contribution < -0.4 is 5.32 Å². The molecule has 2 aromatic heterocycles. The first-order valence-corrected chi connectivity index (χ1v) is 6.55. The first kappa shape index (κ1) is 12.6. The van der Waals surface area contributed by atoms with Crippen LogP contribution in [0.15, 0.2) is 24.5 Å². The van der Waals surface area contributed by atoms with Crippen LogP contribution in [0.4, 0.5) is 11.5 Å². The zero-order valence-electron chi connectivity index (χ0n) is 12.1. The van der Waals surface area contributed by atoms with Crippen LogP contribution in [0, 0.1) is 20.8 Å². The lowest BCUT2D eigenvalue weighted by molar-refractivity contribution is 0.773. The summed E-state index contributed by atoms with van der Waals surface area (Å²) in [7, 11) is 1.89. The van der Waals surface area contributed by atoms with E-state index in [1.807, 2.05) is 14.0 Å². The Bertz CT molecular complexity index is 788. The number of rotatable bonds is 2. The number of fused-ring (bicyclic) bond motifs is 1. The van der Waals surface area contributed by atoms with E-state index in [0.717, 1.165) is 28.2 Å². The Morgan fingerprint density at radius 2 is 1.90 bits per heavy atom. The molecule has 3 aromatic rings. The van der Waals surface area contributed by atoms with Gasteiger partial charge in [-0.2, -0.15) is 5.10 Å². The van der Waals surface area contributed by atoms with E-state index in [2.05, 4.69) is 52.4 Å². The summed E-state index contributed by atoms with van der Waals surface area (Å²) < 4.78 is 1.78. The van der Waals surface area contributed by atoms with Crippen molar-refractivity contribution in [3.63, 3.8) is 0 Å². The lowest BCUT2D eigenvalue weighted by atomic mass is 10.1. The summed E-state index contributed by atoms with van der Waals surface area (Å²) in [5, 5.41) is 8.78. The molecule has 5 nitrogen and oxygen atoms in total. The quantitative estimate of drug-likeness (QED) is 0.775. The third kappa shape index (κ3) is 2.01. The zero-order chi connectivity index (χ0) is 14.3. The van der Waals surface area contributed by atoms with Gasteiger partial charge in [0.1, 0.15) is 12.1 Å². The maximum atomic E-state index is 4.41. The van der Waals surface area contributed by atoms with Crippen LogP contribution in [0.25, 0.3) is 11.0 Å². The van der Waals surface area contributed by atoms with Crippen LogP contribution >= 0.6 is 0 Å². The van der Waals surface area contributed by atoms with Crippen molar-refractivity contribution in [3.8, 4) is 0 Å². The number of benzene rings is 1. The molecular weight excluding hydrogens is 250 g/mol. The lowest BCUT2D eigenvalue weighted by Crippen LogP contribution is -1.99. The maximum Gasteiger partial charge on any atom is 0.163 e. The highest BCUT2D eigenvalue weighted by Gasteiger charge is 2.12. The van der Waals surface area contributed by atoms with Gasteiger partial charge in [-0.15, -0.1) is 0 Å². The van der Waals surface area contributed by atoms with E-state index in [-0.39, 0.29) is 0 Å². The number of anilines is 2. The average molecular weight is 267 g/mol. The zero-order valence-corrected chi connectivity index (χ0v) is 12.1. The molecule has 2 heterocycles. The summed E-state index contributed by atoms with van der Waals surface area (Å²) in [5.74, 6) is 0.800. The van der Waals surface area contributed by atoms with Gasteiger partial charge in [0, 0.05) is 12.7 Å². The molecule has 3 rings (SSSR count). The second-order valence-electron chi connectivity index (χ2n) is 5.07. The summed E-state index contributed by atoms with van der Waals surface area (Å²) in [6.07, 6.45) is 1.57. The second kappa shape index (κ2) is 4.59. The van der Waals surface area contributed by atoms with Gasteiger partial charge in [0.05, 0.1) is 11.1 Å². The van der Waals surface area contributed by atoms with Crippen molar-refractivity contribution in [1.82, 2.24) is 19.7 Å². The maximum absolute atomic E-state index is 4.41. The van der Waals surface area contributed by atoms with Crippen molar-refractivity contribution < 1.29 is 0 Å². The second-order valence-corrected chi connectivity index (χ2v) is 5.07. The molecule has 0 amide bonds. The average Bonchev–Trinajstić information content (AvgIpc) is 2.71. The fourth-order valence-corrected chi connectivity index (χ4v) is 2.37. The number of aromatic nitrogens is 4. The van der Waals surface area contributed by atoms with Gasteiger partial charge in [-0.3, -0.25) is 4.68 Å². The Balaban J connectivity index is 2.13. The van der Waals surface area contributed by atoms with E-state index in [0.29, 0.717) is 0 Å². The molecule has 0 spiro atoms. The molecular formula is C15H17N5. The van der Waals surface area contributed by atoms with Crippen molar-refractivity contribution in [1.29, 1.82) is 0 Å². The van der Waals surface area contributed by atoms with Crippen LogP contribution in [-0.2, 0) is 7.05 Å². The highest BCUT2D eigenvalue weighted by molar-refractivity contribution is 5.91. The summed E-state index contributed by atoms with van der Waals surface area (Å²) in [6, 6.07) is 6.33. The lowest BCUT2D eigenvalue weighted by Gasteiger charge is -2.10. The largest absolute Gasteiger partial charge is 0.339 e. The van der Waals surface area contributed by atoms with Crippen LogP contribution in [-0.4, -0.2) is 19.7 Å². The standard InChI is InChI=1S/C15H17N5/c1-9-5-6-10(2)12(7-9)18-14-13-11(3)19-20(4)15(13)17-8-16-14/h5-8H,1-4H3,(H,16,17,18). The van der Waals surface area contributed by atoms with E-state index < -0.39 is 0 Å². The molecule has 5 heteroatoms. The molecule has 0 unspecified atom stereocenters. The predicted octanol–water partition coefficient (Wildman–Crippen LogP) is 3.03. The first-order valence-electron chi connectivity index (χ1n) is 6.55. The van der Waals surface area contributed by atoms with E-state index in [1.165, 1.54) is 11.1 Å². The number of hydrogen-bond acceptors (Lipinski definition) is 4. The molecule has 0 aliphatic heterocycles. The molecule has 0 fully saturated rings. The van der Waals surface area contributed by atoms with Gasteiger partial charge in [0.15, 0.2) is 5.65 Å². The fraction of sp³-hybridized carbons (Fsp3) is 0.267. The Morgan fingerprint density at radius 1 is 1.10 bits per heavy atom. The first-order chi connectivity index (χ1) is 9.56. The van der Waals surface area contributed by atoms with Crippen molar-refractivity contribution in [2.75, 3.05) is 5.32 Å². The van der Waals surface area contributed by atoms with E-state index in [1.54, 1.807) is 11.0 Å². The molecule has 0 saturated carbocycles. The van der Waals surface area contributed by atoms with Gasteiger partial charge < -0.3 is 5.32 Å². The summed E-state index contributed by atoms with van der Waals surface area (Å²) in [4.78, 5) is 8.66.